The molecule has 3 rings (SSSR count). The summed E-state index contributed by atoms with van der Waals surface area (Å²) in [5, 5.41) is 10.9. The van der Waals surface area contributed by atoms with Gasteiger partial charge in [-0.3, -0.25) is 0 Å². The quantitative estimate of drug-likeness (QED) is 0.896. The third-order valence-electron chi connectivity index (χ3n) is 4.18. The van der Waals surface area contributed by atoms with Gasteiger partial charge in [0.1, 0.15) is 5.75 Å². The molecule has 0 aromatic heterocycles. The molecule has 0 radical (unpaired) electrons. The molecule has 0 amide bonds. The van der Waals surface area contributed by atoms with Crippen LogP contribution in [0.3, 0.4) is 0 Å². The van der Waals surface area contributed by atoms with Crippen molar-refractivity contribution in [2.75, 3.05) is 13.2 Å². The highest BCUT2D eigenvalue weighted by Gasteiger charge is 2.42. The fourth-order valence-corrected chi connectivity index (χ4v) is 3.31. The summed E-state index contributed by atoms with van der Waals surface area (Å²) < 4.78 is 6.80. The number of nitrogens with two attached hydrogens (primary N) is 1. The molecule has 0 saturated carbocycles. The monoisotopic (exact) mass is 347 g/mol. The van der Waals surface area contributed by atoms with Crippen molar-refractivity contribution in [3.63, 3.8) is 0 Å². The maximum absolute atomic E-state index is 10.9. The van der Waals surface area contributed by atoms with Gasteiger partial charge in [-0.05, 0) is 35.7 Å². The number of aliphatic hydroxyl groups excluding tert-OH is 1. The van der Waals surface area contributed by atoms with Crippen molar-refractivity contribution in [3.05, 3.63) is 64.1 Å². The van der Waals surface area contributed by atoms with Crippen molar-refractivity contribution in [3.8, 4) is 5.75 Å². The zero-order valence-corrected chi connectivity index (χ0v) is 13.2. The largest absolute Gasteiger partial charge is 0.493 e. The lowest BCUT2D eigenvalue weighted by molar-refractivity contribution is -0.0161. The van der Waals surface area contributed by atoms with Crippen LogP contribution in [0.1, 0.15) is 17.2 Å². The van der Waals surface area contributed by atoms with Crippen LogP contribution in [0.2, 0.25) is 0 Å². The Hall–Kier alpha value is -1.36. The Balaban J connectivity index is 1.95. The number of benzene rings is 2. The van der Waals surface area contributed by atoms with Gasteiger partial charge >= 0.3 is 0 Å². The highest BCUT2D eigenvalue weighted by Crippen LogP contribution is 2.42. The molecule has 0 aliphatic carbocycles. The van der Waals surface area contributed by atoms with Gasteiger partial charge in [-0.2, -0.15) is 0 Å². The van der Waals surface area contributed by atoms with Crippen LogP contribution in [0.15, 0.2) is 53.0 Å². The molecule has 3 nitrogen and oxygen atoms in total. The summed E-state index contributed by atoms with van der Waals surface area (Å²) in [6.07, 6.45) is 0.0567. The molecule has 0 spiro atoms. The van der Waals surface area contributed by atoms with Crippen LogP contribution in [0.5, 0.6) is 5.75 Å². The second-order valence-corrected chi connectivity index (χ2v) is 6.51. The molecule has 2 aromatic rings. The fraction of sp³-hybridized carbons (Fsp3) is 0.294. The molecule has 4 heteroatoms. The van der Waals surface area contributed by atoms with Crippen molar-refractivity contribution in [2.45, 2.75) is 12.5 Å². The lowest BCUT2D eigenvalue weighted by atomic mass is 9.73. The maximum atomic E-state index is 10.9. The number of fused-ring (bicyclic) bond motifs is 1. The van der Waals surface area contributed by atoms with Gasteiger partial charge < -0.3 is 15.6 Å². The van der Waals surface area contributed by atoms with Gasteiger partial charge in [0.05, 0.1) is 18.1 Å². The molecule has 0 saturated heterocycles. The molecule has 110 valence electrons. The number of ether oxygens (including phenoxy) is 1. The van der Waals surface area contributed by atoms with E-state index in [1.54, 1.807) is 0 Å². The second-order valence-electron chi connectivity index (χ2n) is 5.60. The molecule has 3 N–H and O–H groups in total. The predicted octanol–water partition coefficient (Wildman–Crippen LogP) is 3.06. The van der Waals surface area contributed by atoms with E-state index in [0.717, 1.165) is 21.3 Å². The molecule has 1 heterocycles. The molecular formula is C17H18BrNO2. The second kappa shape index (κ2) is 5.79. The highest BCUT2D eigenvalue weighted by molar-refractivity contribution is 9.10. The minimum absolute atomic E-state index is 0.370. The lowest BCUT2D eigenvalue weighted by Crippen LogP contribution is -2.46. The lowest BCUT2D eigenvalue weighted by Gasteiger charge is -2.40. The first-order chi connectivity index (χ1) is 10.1. The van der Waals surface area contributed by atoms with Crippen LogP contribution in [0.25, 0.3) is 0 Å². The Morgan fingerprint density at radius 2 is 2.05 bits per heavy atom. The Kier molecular flexibility index (Phi) is 4.02. The van der Waals surface area contributed by atoms with Gasteiger partial charge in [0.15, 0.2) is 0 Å². The van der Waals surface area contributed by atoms with E-state index in [9.17, 15) is 5.11 Å². The van der Waals surface area contributed by atoms with Crippen molar-refractivity contribution < 1.29 is 9.84 Å². The third-order valence-corrected chi connectivity index (χ3v) is 4.67. The van der Waals surface area contributed by atoms with Gasteiger partial charge in [-0.1, -0.05) is 46.3 Å². The van der Waals surface area contributed by atoms with Crippen molar-refractivity contribution in [1.82, 2.24) is 0 Å². The first-order valence-electron chi connectivity index (χ1n) is 6.99. The van der Waals surface area contributed by atoms with Crippen molar-refractivity contribution in [1.29, 1.82) is 0 Å². The van der Waals surface area contributed by atoms with Gasteiger partial charge in [-0.15, -0.1) is 0 Å². The standard InChI is InChI=1S/C17H18BrNO2/c18-14-6-3-5-12(8-14)16(20)17(10-19)9-13-4-1-2-7-15(13)21-11-17/h1-8,16,20H,9-11,19H2. The smallest absolute Gasteiger partial charge is 0.122 e. The summed E-state index contributed by atoms with van der Waals surface area (Å²) >= 11 is 3.45. The molecule has 0 bridgehead atoms. The molecule has 21 heavy (non-hydrogen) atoms. The normalized spacial score (nSPS) is 22.2. The van der Waals surface area contributed by atoms with Crippen molar-refractivity contribution >= 4 is 15.9 Å². The SMILES string of the molecule is NCC1(C(O)c2cccc(Br)c2)COc2ccccc2C1. The van der Waals surface area contributed by atoms with E-state index in [1.807, 2.05) is 48.5 Å². The Bertz CT molecular complexity index is 646. The molecule has 0 fully saturated rings. The van der Waals surface area contributed by atoms with E-state index in [-0.39, 0.29) is 0 Å². The van der Waals surface area contributed by atoms with Gasteiger partial charge in [-0.25, -0.2) is 0 Å². The van der Waals surface area contributed by atoms with E-state index in [1.165, 1.54) is 0 Å². The Morgan fingerprint density at radius 3 is 2.81 bits per heavy atom. The van der Waals surface area contributed by atoms with Crippen LogP contribution in [-0.4, -0.2) is 18.3 Å². The maximum Gasteiger partial charge on any atom is 0.122 e. The number of para-hydroxylation sites is 1. The van der Waals surface area contributed by atoms with Crippen molar-refractivity contribution in [2.24, 2.45) is 11.1 Å². The summed E-state index contributed by atoms with van der Waals surface area (Å²) in [5.74, 6) is 0.892. The number of hydrogen-bond donors (Lipinski definition) is 2. The van der Waals surface area contributed by atoms with Gasteiger partial charge in [0.25, 0.3) is 0 Å². The molecule has 1 aliphatic rings. The summed E-state index contributed by atoms with van der Waals surface area (Å²) in [4.78, 5) is 0. The topological polar surface area (TPSA) is 55.5 Å². The zero-order valence-electron chi connectivity index (χ0n) is 11.6. The number of halogens is 1. The van der Waals surface area contributed by atoms with Crippen LogP contribution in [-0.2, 0) is 6.42 Å². The average Bonchev–Trinajstić information content (AvgIpc) is 2.53. The molecular weight excluding hydrogens is 330 g/mol. The minimum atomic E-state index is -0.659. The number of aliphatic hydroxyl groups is 1. The number of rotatable bonds is 3. The van der Waals surface area contributed by atoms with Crippen LogP contribution in [0.4, 0.5) is 0 Å². The summed E-state index contributed by atoms with van der Waals surface area (Å²) in [6.45, 7) is 0.795. The first-order valence-corrected chi connectivity index (χ1v) is 7.78. The minimum Gasteiger partial charge on any atom is -0.493 e. The molecule has 2 unspecified atom stereocenters. The summed E-state index contributed by atoms with van der Waals surface area (Å²) in [5.41, 5.74) is 7.49. The Morgan fingerprint density at radius 1 is 1.24 bits per heavy atom. The number of hydrogen-bond acceptors (Lipinski definition) is 3. The first kappa shape index (κ1) is 14.6. The van der Waals surface area contributed by atoms with Gasteiger partial charge in [0, 0.05) is 11.0 Å². The average molecular weight is 348 g/mol. The molecule has 1 aliphatic heterocycles. The Labute approximate surface area is 132 Å². The van der Waals surface area contributed by atoms with Gasteiger partial charge in [0.2, 0.25) is 0 Å². The van der Waals surface area contributed by atoms with Crippen LogP contribution in [0, 0.1) is 5.41 Å². The summed E-state index contributed by atoms with van der Waals surface area (Å²) in [6, 6.07) is 15.7. The molecule has 2 aromatic carbocycles. The van der Waals surface area contributed by atoms with E-state index in [2.05, 4.69) is 15.9 Å². The van der Waals surface area contributed by atoms with E-state index < -0.39 is 11.5 Å². The predicted molar refractivity (Wildman–Crippen MR) is 86.2 cm³/mol. The fourth-order valence-electron chi connectivity index (χ4n) is 2.89. The third kappa shape index (κ3) is 2.71. The van der Waals surface area contributed by atoms with E-state index in [0.29, 0.717) is 19.6 Å². The summed E-state index contributed by atoms with van der Waals surface area (Å²) in [7, 11) is 0. The van der Waals surface area contributed by atoms with E-state index in [4.69, 9.17) is 10.5 Å². The molecule has 2 atom stereocenters. The zero-order chi connectivity index (χ0) is 14.9. The van der Waals surface area contributed by atoms with Crippen LogP contribution < -0.4 is 10.5 Å². The van der Waals surface area contributed by atoms with Crippen LogP contribution >= 0.6 is 15.9 Å². The van der Waals surface area contributed by atoms with E-state index >= 15 is 0 Å². The highest BCUT2D eigenvalue weighted by atomic mass is 79.9.